The number of nitrogens with one attached hydrogen (secondary N) is 1. The summed E-state index contributed by atoms with van der Waals surface area (Å²) < 4.78 is 5.56. The maximum Gasteiger partial charge on any atom is 0.0511 e. The van der Waals surface area contributed by atoms with E-state index in [4.69, 9.17) is 4.74 Å². The summed E-state index contributed by atoms with van der Waals surface area (Å²) in [4.78, 5) is 2.36. The van der Waals surface area contributed by atoms with Crippen LogP contribution in [0.2, 0.25) is 0 Å². The second-order valence-electron chi connectivity index (χ2n) is 5.60. The van der Waals surface area contributed by atoms with E-state index >= 15 is 0 Å². The Morgan fingerprint density at radius 2 is 2.26 bits per heavy atom. The van der Waals surface area contributed by atoms with E-state index in [1.165, 1.54) is 29.7 Å². The zero-order valence-corrected chi connectivity index (χ0v) is 12.4. The molecule has 1 aliphatic rings. The molecule has 1 aromatic rings. The largest absolute Gasteiger partial charge is 0.381 e. The highest BCUT2D eigenvalue weighted by Crippen LogP contribution is 2.21. The predicted octanol–water partition coefficient (Wildman–Crippen LogP) is 2.58. The quantitative estimate of drug-likeness (QED) is 0.882. The molecule has 1 saturated heterocycles. The fourth-order valence-electron chi connectivity index (χ4n) is 2.75. The molecule has 1 heterocycles. The maximum atomic E-state index is 5.56. The summed E-state index contributed by atoms with van der Waals surface area (Å²) >= 11 is 0. The van der Waals surface area contributed by atoms with Crippen LogP contribution in [0.3, 0.4) is 0 Å². The molecule has 1 N–H and O–H groups in total. The summed E-state index contributed by atoms with van der Waals surface area (Å²) in [5, 5.41) is 3.21. The van der Waals surface area contributed by atoms with Crippen molar-refractivity contribution in [3.05, 3.63) is 29.3 Å². The second kappa shape index (κ2) is 6.92. The summed E-state index contributed by atoms with van der Waals surface area (Å²) in [6.07, 6.45) is 2.50. The van der Waals surface area contributed by atoms with Gasteiger partial charge in [-0.05, 0) is 56.0 Å². The van der Waals surface area contributed by atoms with Gasteiger partial charge in [0.1, 0.15) is 0 Å². The minimum absolute atomic E-state index is 0.677. The van der Waals surface area contributed by atoms with Gasteiger partial charge in [-0.25, -0.2) is 0 Å². The molecule has 3 nitrogen and oxygen atoms in total. The standard InChI is InChI=1S/C16H26N2O/c1-13-9-16(7-6-15(13)10-17-2)18(3)11-14-5-4-8-19-12-14/h6-7,9,14,17H,4-5,8,10-12H2,1-3H3. The van der Waals surface area contributed by atoms with Crippen LogP contribution in [0.25, 0.3) is 0 Å². The average molecular weight is 262 g/mol. The van der Waals surface area contributed by atoms with Crippen molar-refractivity contribution in [1.29, 1.82) is 0 Å². The molecular weight excluding hydrogens is 236 g/mol. The normalized spacial score (nSPS) is 19.4. The third-order valence-corrected chi connectivity index (χ3v) is 3.92. The molecule has 2 rings (SSSR count). The van der Waals surface area contributed by atoms with E-state index in [0.717, 1.165) is 26.3 Å². The van der Waals surface area contributed by atoms with Crippen molar-refractivity contribution in [1.82, 2.24) is 5.32 Å². The lowest BCUT2D eigenvalue weighted by Gasteiger charge is -2.28. The van der Waals surface area contributed by atoms with Crippen molar-refractivity contribution >= 4 is 5.69 Å². The van der Waals surface area contributed by atoms with E-state index in [1.807, 2.05) is 7.05 Å². The molecule has 0 saturated carbocycles. The van der Waals surface area contributed by atoms with Crippen LogP contribution in [0.15, 0.2) is 18.2 Å². The van der Waals surface area contributed by atoms with Crippen molar-refractivity contribution in [2.45, 2.75) is 26.3 Å². The number of benzene rings is 1. The van der Waals surface area contributed by atoms with E-state index < -0.39 is 0 Å². The molecule has 1 atom stereocenters. The van der Waals surface area contributed by atoms with Crippen LogP contribution in [0.5, 0.6) is 0 Å². The predicted molar refractivity (Wildman–Crippen MR) is 80.8 cm³/mol. The molecule has 0 bridgehead atoms. The Hall–Kier alpha value is -1.06. The van der Waals surface area contributed by atoms with Gasteiger partial charge in [0.2, 0.25) is 0 Å². The minimum atomic E-state index is 0.677. The zero-order valence-electron chi connectivity index (χ0n) is 12.4. The Kier molecular flexibility index (Phi) is 5.23. The fourth-order valence-corrected chi connectivity index (χ4v) is 2.75. The van der Waals surface area contributed by atoms with Crippen LogP contribution in [-0.4, -0.2) is 33.9 Å². The number of hydrogen-bond acceptors (Lipinski definition) is 3. The lowest BCUT2D eigenvalue weighted by Crippen LogP contribution is -2.30. The summed E-state index contributed by atoms with van der Waals surface area (Å²) in [6.45, 7) is 6.07. The van der Waals surface area contributed by atoms with Crippen LogP contribution in [0.4, 0.5) is 5.69 Å². The first-order valence-electron chi connectivity index (χ1n) is 7.23. The molecule has 1 fully saturated rings. The SMILES string of the molecule is CNCc1ccc(N(C)CC2CCCOC2)cc1C. The van der Waals surface area contributed by atoms with Gasteiger partial charge in [-0.2, -0.15) is 0 Å². The van der Waals surface area contributed by atoms with E-state index in [9.17, 15) is 0 Å². The first-order chi connectivity index (χ1) is 9.20. The van der Waals surface area contributed by atoms with Gasteiger partial charge in [-0.15, -0.1) is 0 Å². The van der Waals surface area contributed by atoms with Gasteiger partial charge in [0.15, 0.2) is 0 Å². The molecule has 106 valence electrons. The first-order valence-corrected chi connectivity index (χ1v) is 7.23. The average Bonchev–Trinajstić information content (AvgIpc) is 2.42. The van der Waals surface area contributed by atoms with Crippen molar-refractivity contribution in [3.63, 3.8) is 0 Å². The number of aryl methyl sites for hydroxylation is 1. The van der Waals surface area contributed by atoms with E-state index in [0.29, 0.717) is 5.92 Å². The summed E-state index contributed by atoms with van der Waals surface area (Å²) in [7, 11) is 4.17. The van der Waals surface area contributed by atoms with E-state index in [1.54, 1.807) is 0 Å². The van der Waals surface area contributed by atoms with Crippen molar-refractivity contribution < 1.29 is 4.74 Å². The van der Waals surface area contributed by atoms with Crippen LogP contribution in [-0.2, 0) is 11.3 Å². The fraction of sp³-hybridized carbons (Fsp3) is 0.625. The Morgan fingerprint density at radius 3 is 2.89 bits per heavy atom. The van der Waals surface area contributed by atoms with Gasteiger partial charge in [-0.3, -0.25) is 0 Å². The molecule has 1 aliphatic heterocycles. The summed E-state index contributed by atoms with van der Waals surface area (Å²) in [5.41, 5.74) is 4.04. The molecule has 19 heavy (non-hydrogen) atoms. The van der Waals surface area contributed by atoms with Crippen LogP contribution >= 0.6 is 0 Å². The number of hydrogen-bond donors (Lipinski definition) is 1. The molecule has 1 aromatic carbocycles. The van der Waals surface area contributed by atoms with Crippen LogP contribution in [0.1, 0.15) is 24.0 Å². The molecule has 0 aromatic heterocycles. The third-order valence-electron chi connectivity index (χ3n) is 3.92. The van der Waals surface area contributed by atoms with Gasteiger partial charge in [0, 0.05) is 32.4 Å². The molecule has 0 amide bonds. The van der Waals surface area contributed by atoms with Gasteiger partial charge < -0.3 is 15.0 Å². The molecule has 3 heteroatoms. The molecule has 1 unspecified atom stereocenters. The van der Waals surface area contributed by atoms with Crippen molar-refractivity contribution in [2.24, 2.45) is 5.92 Å². The third kappa shape index (κ3) is 3.95. The molecular formula is C16H26N2O. The zero-order chi connectivity index (χ0) is 13.7. The number of rotatable bonds is 5. The maximum absolute atomic E-state index is 5.56. The van der Waals surface area contributed by atoms with Crippen LogP contribution in [0, 0.1) is 12.8 Å². The summed E-state index contributed by atoms with van der Waals surface area (Å²) in [6, 6.07) is 6.74. The number of ether oxygens (including phenoxy) is 1. The molecule has 0 spiro atoms. The highest BCUT2D eigenvalue weighted by atomic mass is 16.5. The highest BCUT2D eigenvalue weighted by Gasteiger charge is 2.16. The number of nitrogens with zero attached hydrogens (tertiary/aromatic N) is 1. The Balaban J connectivity index is 1.98. The van der Waals surface area contributed by atoms with Gasteiger partial charge in [0.05, 0.1) is 6.61 Å². The molecule has 0 radical (unpaired) electrons. The smallest absolute Gasteiger partial charge is 0.0511 e. The summed E-state index contributed by atoms with van der Waals surface area (Å²) in [5.74, 6) is 0.677. The van der Waals surface area contributed by atoms with Gasteiger partial charge in [0.25, 0.3) is 0 Å². The van der Waals surface area contributed by atoms with E-state index in [-0.39, 0.29) is 0 Å². The Morgan fingerprint density at radius 1 is 1.42 bits per heavy atom. The van der Waals surface area contributed by atoms with Gasteiger partial charge >= 0.3 is 0 Å². The lowest BCUT2D eigenvalue weighted by molar-refractivity contribution is 0.0576. The second-order valence-corrected chi connectivity index (χ2v) is 5.60. The van der Waals surface area contributed by atoms with Crippen LogP contribution < -0.4 is 10.2 Å². The van der Waals surface area contributed by atoms with Crippen molar-refractivity contribution in [2.75, 3.05) is 38.8 Å². The monoisotopic (exact) mass is 262 g/mol. The topological polar surface area (TPSA) is 24.5 Å². The Bertz CT molecular complexity index is 400. The highest BCUT2D eigenvalue weighted by molar-refractivity contribution is 5.50. The Labute approximate surface area is 116 Å². The first kappa shape index (κ1) is 14.4. The van der Waals surface area contributed by atoms with Crippen molar-refractivity contribution in [3.8, 4) is 0 Å². The molecule has 0 aliphatic carbocycles. The van der Waals surface area contributed by atoms with Gasteiger partial charge in [-0.1, -0.05) is 6.07 Å². The van der Waals surface area contributed by atoms with E-state index in [2.05, 4.69) is 42.4 Å². The number of anilines is 1. The minimum Gasteiger partial charge on any atom is -0.381 e. The lowest BCUT2D eigenvalue weighted by atomic mass is 10.0.